The third-order valence-electron chi connectivity index (χ3n) is 4.74. The monoisotopic (exact) mass is 206 g/mol. The van der Waals surface area contributed by atoms with Gasteiger partial charge in [0.1, 0.15) is 0 Å². The maximum atomic E-state index is 10.8. The Morgan fingerprint density at radius 3 is 2.73 bits per heavy atom. The van der Waals surface area contributed by atoms with Crippen LogP contribution < -0.4 is 0 Å². The highest BCUT2D eigenvalue weighted by molar-refractivity contribution is 5.81. The number of hydrogen-bond acceptors (Lipinski definition) is 1. The highest BCUT2D eigenvalue weighted by Crippen LogP contribution is 2.68. The van der Waals surface area contributed by atoms with Crippen LogP contribution in [0.1, 0.15) is 33.1 Å². The second-order valence-corrected chi connectivity index (χ2v) is 5.34. The summed E-state index contributed by atoms with van der Waals surface area (Å²) >= 11 is 0. The van der Waals surface area contributed by atoms with Gasteiger partial charge in [-0.1, -0.05) is 25.5 Å². The minimum atomic E-state index is -0.824. The van der Waals surface area contributed by atoms with Crippen molar-refractivity contribution in [3.63, 3.8) is 0 Å². The van der Waals surface area contributed by atoms with E-state index in [-0.39, 0.29) is 10.8 Å². The molecule has 0 aromatic rings. The fourth-order valence-corrected chi connectivity index (χ4v) is 3.66. The van der Waals surface area contributed by atoms with Gasteiger partial charge in [-0.15, -0.1) is 6.58 Å². The standard InChI is InChI=1S/C13H18O2/c1-4-13-6-5-9(12(13,2)3)7-10(13)8-11(14)15/h4,8-9H,1,5-7H2,2-3H3,(H,14,15)/b10-8+. The molecule has 2 bridgehead atoms. The summed E-state index contributed by atoms with van der Waals surface area (Å²) in [4.78, 5) is 10.8. The van der Waals surface area contributed by atoms with Gasteiger partial charge in [0.2, 0.25) is 0 Å². The normalized spacial score (nSPS) is 39.6. The number of aliphatic carboxylic acids is 1. The van der Waals surface area contributed by atoms with E-state index in [1.165, 1.54) is 12.5 Å². The Morgan fingerprint density at radius 2 is 2.27 bits per heavy atom. The third-order valence-corrected chi connectivity index (χ3v) is 4.74. The summed E-state index contributed by atoms with van der Waals surface area (Å²) in [5, 5.41) is 8.87. The van der Waals surface area contributed by atoms with Crippen molar-refractivity contribution in [3.8, 4) is 0 Å². The van der Waals surface area contributed by atoms with Gasteiger partial charge in [0.25, 0.3) is 0 Å². The van der Waals surface area contributed by atoms with Gasteiger partial charge < -0.3 is 5.11 Å². The van der Waals surface area contributed by atoms with Crippen LogP contribution in [0.15, 0.2) is 24.3 Å². The number of carboxylic acids is 1. The molecule has 1 N–H and O–H groups in total. The predicted molar refractivity (Wildman–Crippen MR) is 59.5 cm³/mol. The fourth-order valence-electron chi connectivity index (χ4n) is 3.66. The summed E-state index contributed by atoms with van der Waals surface area (Å²) in [5.41, 5.74) is 1.19. The molecular weight excluding hydrogens is 188 g/mol. The van der Waals surface area contributed by atoms with E-state index in [4.69, 9.17) is 5.11 Å². The van der Waals surface area contributed by atoms with Crippen LogP contribution in [0.2, 0.25) is 0 Å². The quantitative estimate of drug-likeness (QED) is 0.557. The van der Waals surface area contributed by atoms with Crippen LogP contribution in [-0.4, -0.2) is 11.1 Å². The van der Waals surface area contributed by atoms with E-state index in [9.17, 15) is 4.79 Å². The molecule has 0 aromatic carbocycles. The zero-order chi connectivity index (χ0) is 11.3. The predicted octanol–water partition coefficient (Wildman–Crippen LogP) is 3.01. The summed E-state index contributed by atoms with van der Waals surface area (Å²) in [5.74, 6) is -0.198. The van der Waals surface area contributed by atoms with Gasteiger partial charge in [-0.2, -0.15) is 0 Å². The van der Waals surface area contributed by atoms with Gasteiger partial charge in [0.15, 0.2) is 0 Å². The molecular formula is C13H18O2. The van der Waals surface area contributed by atoms with Crippen LogP contribution in [0.25, 0.3) is 0 Å². The van der Waals surface area contributed by atoms with Crippen LogP contribution in [0.4, 0.5) is 0 Å². The number of allylic oxidation sites excluding steroid dienone is 2. The van der Waals surface area contributed by atoms with Gasteiger partial charge >= 0.3 is 5.97 Å². The lowest BCUT2D eigenvalue weighted by Crippen LogP contribution is -2.29. The molecule has 2 unspecified atom stereocenters. The van der Waals surface area contributed by atoms with Crippen molar-refractivity contribution in [1.29, 1.82) is 0 Å². The Morgan fingerprint density at radius 1 is 1.60 bits per heavy atom. The summed E-state index contributed by atoms with van der Waals surface area (Å²) in [6.07, 6.45) is 6.59. The van der Waals surface area contributed by atoms with Crippen LogP contribution in [-0.2, 0) is 4.79 Å². The van der Waals surface area contributed by atoms with E-state index in [0.29, 0.717) is 5.92 Å². The first-order valence-corrected chi connectivity index (χ1v) is 5.51. The SMILES string of the molecule is C=CC12CCC(C/C1=C\C(=O)O)C2(C)C. The fraction of sp³-hybridized carbons (Fsp3) is 0.615. The first-order valence-electron chi connectivity index (χ1n) is 5.51. The average molecular weight is 206 g/mol. The molecule has 2 aliphatic carbocycles. The van der Waals surface area contributed by atoms with Crippen LogP contribution in [0.3, 0.4) is 0 Å². The van der Waals surface area contributed by atoms with Crippen molar-refractivity contribution >= 4 is 5.97 Å². The van der Waals surface area contributed by atoms with Crippen molar-refractivity contribution in [2.24, 2.45) is 16.7 Å². The smallest absolute Gasteiger partial charge is 0.328 e. The van der Waals surface area contributed by atoms with Gasteiger partial charge in [-0.05, 0) is 30.6 Å². The van der Waals surface area contributed by atoms with E-state index in [1.807, 2.05) is 6.08 Å². The Balaban J connectivity index is 2.49. The van der Waals surface area contributed by atoms with Gasteiger partial charge in [0.05, 0.1) is 0 Å². The van der Waals surface area contributed by atoms with E-state index in [1.54, 1.807) is 0 Å². The van der Waals surface area contributed by atoms with Crippen LogP contribution >= 0.6 is 0 Å². The zero-order valence-electron chi connectivity index (χ0n) is 9.42. The molecule has 82 valence electrons. The topological polar surface area (TPSA) is 37.3 Å². The number of hydrogen-bond donors (Lipinski definition) is 1. The molecule has 2 heteroatoms. The number of carbonyl (C=O) groups is 1. The minimum absolute atomic E-state index is 0.0595. The number of fused-ring (bicyclic) bond motifs is 2. The number of rotatable bonds is 2. The molecule has 0 amide bonds. The summed E-state index contributed by atoms with van der Waals surface area (Å²) in [6, 6.07) is 0. The first kappa shape index (κ1) is 10.5. The molecule has 2 nitrogen and oxygen atoms in total. The van der Waals surface area contributed by atoms with E-state index in [2.05, 4.69) is 20.4 Å². The lowest BCUT2D eigenvalue weighted by molar-refractivity contribution is -0.131. The maximum Gasteiger partial charge on any atom is 0.328 e. The van der Waals surface area contributed by atoms with Crippen LogP contribution in [0.5, 0.6) is 0 Å². The molecule has 0 saturated heterocycles. The van der Waals surface area contributed by atoms with Gasteiger partial charge in [-0.25, -0.2) is 4.79 Å². The lowest BCUT2D eigenvalue weighted by atomic mass is 9.67. The van der Waals surface area contributed by atoms with Crippen molar-refractivity contribution < 1.29 is 9.90 Å². The molecule has 15 heavy (non-hydrogen) atoms. The zero-order valence-corrected chi connectivity index (χ0v) is 9.42. The van der Waals surface area contributed by atoms with E-state index < -0.39 is 5.97 Å². The molecule has 2 fully saturated rings. The molecule has 2 aliphatic rings. The Bertz CT molecular complexity index is 352. The van der Waals surface area contributed by atoms with Gasteiger partial charge in [0, 0.05) is 11.5 Å². The van der Waals surface area contributed by atoms with E-state index in [0.717, 1.165) is 18.4 Å². The molecule has 2 saturated carbocycles. The molecule has 2 rings (SSSR count). The summed E-state index contributed by atoms with van der Waals surface area (Å²) in [7, 11) is 0. The molecule has 2 atom stereocenters. The Labute approximate surface area is 90.7 Å². The van der Waals surface area contributed by atoms with Crippen molar-refractivity contribution in [2.75, 3.05) is 0 Å². The molecule has 0 aromatic heterocycles. The Hall–Kier alpha value is -1.05. The minimum Gasteiger partial charge on any atom is -0.478 e. The van der Waals surface area contributed by atoms with Gasteiger partial charge in [-0.3, -0.25) is 0 Å². The molecule has 0 spiro atoms. The first-order chi connectivity index (χ1) is 6.94. The molecule has 0 heterocycles. The summed E-state index contributed by atoms with van der Waals surface area (Å²) < 4.78 is 0. The Kier molecular flexibility index (Phi) is 2.07. The van der Waals surface area contributed by atoms with Crippen molar-refractivity contribution in [3.05, 3.63) is 24.3 Å². The second kappa shape index (κ2) is 2.97. The van der Waals surface area contributed by atoms with Crippen molar-refractivity contribution in [1.82, 2.24) is 0 Å². The molecule has 0 aliphatic heterocycles. The van der Waals surface area contributed by atoms with Crippen molar-refractivity contribution in [2.45, 2.75) is 33.1 Å². The molecule has 0 radical (unpaired) electrons. The number of carboxylic acid groups (broad SMARTS) is 1. The highest BCUT2D eigenvalue weighted by atomic mass is 16.4. The largest absolute Gasteiger partial charge is 0.478 e. The highest BCUT2D eigenvalue weighted by Gasteiger charge is 2.59. The third kappa shape index (κ3) is 1.14. The lowest BCUT2D eigenvalue weighted by Gasteiger charge is -2.36. The van der Waals surface area contributed by atoms with E-state index >= 15 is 0 Å². The average Bonchev–Trinajstić information content (AvgIpc) is 2.50. The maximum absolute atomic E-state index is 10.8. The van der Waals surface area contributed by atoms with Crippen LogP contribution in [0, 0.1) is 16.7 Å². The summed E-state index contributed by atoms with van der Waals surface area (Å²) in [6.45, 7) is 8.42. The second-order valence-electron chi connectivity index (χ2n) is 5.34.